The number of aryl methyl sites for hydroxylation is 1. The second-order valence-electron chi connectivity index (χ2n) is 5.28. The van der Waals surface area contributed by atoms with E-state index < -0.39 is 5.97 Å². The van der Waals surface area contributed by atoms with E-state index in [0.29, 0.717) is 29.2 Å². The van der Waals surface area contributed by atoms with Crippen LogP contribution in [0.4, 0.5) is 0 Å². The number of carboxylic acid groups (broad SMARTS) is 1. The molecule has 25 heavy (non-hydrogen) atoms. The number of carboxylic acids is 1. The predicted molar refractivity (Wildman–Crippen MR) is 89.0 cm³/mol. The van der Waals surface area contributed by atoms with Crippen molar-refractivity contribution < 1.29 is 19.4 Å². The van der Waals surface area contributed by atoms with E-state index in [4.69, 9.17) is 9.84 Å². The number of rotatable bonds is 6. The lowest BCUT2D eigenvalue weighted by molar-refractivity contribution is 0.0696. The molecule has 0 radical (unpaired) electrons. The van der Waals surface area contributed by atoms with E-state index in [2.05, 4.69) is 15.4 Å². The summed E-state index contributed by atoms with van der Waals surface area (Å²) in [6.45, 7) is 2.30. The van der Waals surface area contributed by atoms with Gasteiger partial charge in [0.2, 0.25) is 0 Å². The van der Waals surface area contributed by atoms with E-state index in [1.165, 1.54) is 12.1 Å². The van der Waals surface area contributed by atoms with Crippen LogP contribution in [0.25, 0.3) is 5.65 Å². The molecule has 128 valence electrons. The number of aromatic carboxylic acids is 1. The molecule has 0 aliphatic carbocycles. The summed E-state index contributed by atoms with van der Waals surface area (Å²) in [6.07, 6.45) is 3.34. The van der Waals surface area contributed by atoms with E-state index in [-0.39, 0.29) is 18.1 Å². The fourth-order valence-corrected chi connectivity index (χ4v) is 2.38. The van der Waals surface area contributed by atoms with Crippen molar-refractivity contribution in [3.05, 3.63) is 59.5 Å². The molecule has 0 unspecified atom stereocenters. The third-order valence-corrected chi connectivity index (χ3v) is 3.55. The predicted octanol–water partition coefficient (Wildman–Crippen LogP) is 1.54. The van der Waals surface area contributed by atoms with Crippen LogP contribution in [0.1, 0.15) is 26.4 Å². The molecule has 3 rings (SSSR count). The lowest BCUT2D eigenvalue weighted by atomic mass is 10.2. The first-order valence-corrected chi connectivity index (χ1v) is 7.60. The normalized spacial score (nSPS) is 10.6. The average molecular weight is 340 g/mol. The Kier molecular flexibility index (Phi) is 4.60. The van der Waals surface area contributed by atoms with Gasteiger partial charge in [-0.2, -0.15) is 5.10 Å². The van der Waals surface area contributed by atoms with E-state index in [1.807, 2.05) is 0 Å². The van der Waals surface area contributed by atoms with Crippen LogP contribution in [0, 0.1) is 6.92 Å². The number of nitrogens with zero attached hydrogens (tertiary/aromatic N) is 3. The first-order valence-electron chi connectivity index (χ1n) is 7.60. The van der Waals surface area contributed by atoms with Crippen LogP contribution in [-0.2, 0) is 0 Å². The van der Waals surface area contributed by atoms with Gasteiger partial charge in [-0.15, -0.1) is 0 Å². The summed E-state index contributed by atoms with van der Waals surface area (Å²) in [5.41, 5.74) is 1.73. The van der Waals surface area contributed by atoms with Crippen molar-refractivity contribution >= 4 is 17.5 Å². The zero-order valence-electron chi connectivity index (χ0n) is 13.5. The number of amides is 1. The number of carbonyl (C=O) groups excluding carboxylic acids is 1. The summed E-state index contributed by atoms with van der Waals surface area (Å²) in [4.78, 5) is 27.3. The molecule has 0 saturated carbocycles. The highest BCUT2D eigenvalue weighted by Crippen LogP contribution is 2.13. The van der Waals surface area contributed by atoms with E-state index in [0.717, 1.165) is 0 Å². The monoisotopic (exact) mass is 340 g/mol. The van der Waals surface area contributed by atoms with Crippen molar-refractivity contribution in [2.45, 2.75) is 6.92 Å². The molecule has 0 aliphatic rings. The minimum atomic E-state index is -0.990. The van der Waals surface area contributed by atoms with Gasteiger partial charge in [-0.1, -0.05) is 0 Å². The third-order valence-electron chi connectivity index (χ3n) is 3.55. The summed E-state index contributed by atoms with van der Waals surface area (Å²) in [7, 11) is 0. The van der Waals surface area contributed by atoms with Gasteiger partial charge in [0.15, 0.2) is 5.65 Å². The number of hydrogen-bond acceptors (Lipinski definition) is 5. The Bertz CT molecular complexity index is 918. The van der Waals surface area contributed by atoms with Crippen molar-refractivity contribution in [3.8, 4) is 5.75 Å². The molecule has 2 aromatic heterocycles. The highest BCUT2D eigenvalue weighted by molar-refractivity contribution is 6.00. The van der Waals surface area contributed by atoms with Crippen molar-refractivity contribution in [1.29, 1.82) is 0 Å². The summed E-state index contributed by atoms with van der Waals surface area (Å²) < 4.78 is 7.04. The van der Waals surface area contributed by atoms with Crippen LogP contribution in [-0.4, -0.2) is 44.7 Å². The summed E-state index contributed by atoms with van der Waals surface area (Å²) in [6, 6.07) is 7.81. The maximum Gasteiger partial charge on any atom is 0.335 e. The Hall–Kier alpha value is -3.42. The minimum absolute atomic E-state index is 0.191. The molecule has 0 aliphatic heterocycles. The molecule has 8 nitrogen and oxygen atoms in total. The summed E-state index contributed by atoms with van der Waals surface area (Å²) in [5.74, 6) is -0.722. The van der Waals surface area contributed by atoms with Gasteiger partial charge < -0.3 is 15.2 Å². The quantitative estimate of drug-likeness (QED) is 0.660. The topological polar surface area (TPSA) is 106 Å². The van der Waals surface area contributed by atoms with Gasteiger partial charge in [-0.3, -0.25) is 4.79 Å². The first-order chi connectivity index (χ1) is 12.1. The maximum atomic E-state index is 12.3. The van der Waals surface area contributed by atoms with Gasteiger partial charge in [0.1, 0.15) is 17.9 Å². The number of nitrogens with one attached hydrogen (secondary N) is 1. The molecule has 0 atom stereocenters. The molecule has 3 aromatic rings. The van der Waals surface area contributed by atoms with Crippen molar-refractivity contribution in [1.82, 2.24) is 19.9 Å². The molecule has 0 fully saturated rings. The first kappa shape index (κ1) is 16.4. The van der Waals surface area contributed by atoms with Crippen LogP contribution in [0.15, 0.2) is 42.7 Å². The molecule has 1 amide bonds. The Balaban J connectivity index is 1.55. The van der Waals surface area contributed by atoms with Crippen LogP contribution in [0.5, 0.6) is 5.75 Å². The van der Waals surface area contributed by atoms with Gasteiger partial charge in [-0.25, -0.2) is 14.3 Å². The summed E-state index contributed by atoms with van der Waals surface area (Å²) in [5, 5.41) is 15.9. The Morgan fingerprint density at radius 1 is 1.28 bits per heavy atom. The second-order valence-corrected chi connectivity index (χ2v) is 5.28. The fraction of sp³-hybridized carbons (Fsp3) is 0.176. The molecule has 2 N–H and O–H groups in total. The molecule has 0 bridgehead atoms. The molecule has 2 heterocycles. The van der Waals surface area contributed by atoms with Crippen LogP contribution in [0.2, 0.25) is 0 Å². The van der Waals surface area contributed by atoms with Crippen LogP contribution in [0.3, 0.4) is 0 Å². The van der Waals surface area contributed by atoms with Gasteiger partial charge in [0.25, 0.3) is 5.91 Å². The van der Waals surface area contributed by atoms with Gasteiger partial charge in [0.05, 0.1) is 17.8 Å². The van der Waals surface area contributed by atoms with Gasteiger partial charge in [-0.05, 0) is 37.3 Å². The Morgan fingerprint density at radius 3 is 2.76 bits per heavy atom. The SMILES string of the molecule is Cc1nn2cccnc2c1C(=O)NCCOc1ccc(C(=O)O)cc1. The number of carbonyl (C=O) groups is 2. The largest absolute Gasteiger partial charge is 0.492 e. The average Bonchev–Trinajstić information content (AvgIpc) is 2.94. The number of fused-ring (bicyclic) bond motifs is 1. The Morgan fingerprint density at radius 2 is 2.04 bits per heavy atom. The van der Waals surface area contributed by atoms with E-state index >= 15 is 0 Å². The molecule has 1 aromatic carbocycles. The number of hydrogen-bond donors (Lipinski definition) is 2. The number of aromatic nitrogens is 3. The zero-order valence-corrected chi connectivity index (χ0v) is 13.5. The highest BCUT2D eigenvalue weighted by atomic mass is 16.5. The molecule has 8 heteroatoms. The van der Waals surface area contributed by atoms with E-state index in [1.54, 1.807) is 42.0 Å². The van der Waals surface area contributed by atoms with Gasteiger partial charge in [0, 0.05) is 12.4 Å². The van der Waals surface area contributed by atoms with Crippen LogP contribution >= 0.6 is 0 Å². The number of benzene rings is 1. The molecular formula is C17H16N4O4. The molecular weight excluding hydrogens is 324 g/mol. The van der Waals surface area contributed by atoms with Gasteiger partial charge >= 0.3 is 5.97 Å². The minimum Gasteiger partial charge on any atom is -0.492 e. The van der Waals surface area contributed by atoms with Crippen molar-refractivity contribution in [2.24, 2.45) is 0 Å². The van der Waals surface area contributed by atoms with Crippen LogP contribution < -0.4 is 10.1 Å². The third kappa shape index (κ3) is 3.57. The number of ether oxygens (including phenoxy) is 1. The fourth-order valence-electron chi connectivity index (χ4n) is 2.38. The second kappa shape index (κ2) is 7.00. The molecule has 0 spiro atoms. The smallest absolute Gasteiger partial charge is 0.335 e. The van der Waals surface area contributed by atoms with Crippen molar-refractivity contribution in [2.75, 3.05) is 13.2 Å². The lowest BCUT2D eigenvalue weighted by Crippen LogP contribution is -2.28. The zero-order chi connectivity index (χ0) is 17.8. The summed E-state index contributed by atoms with van der Waals surface area (Å²) >= 11 is 0. The maximum absolute atomic E-state index is 12.3. The molecule has 0 saturated heterocycles. The van der Waals surface area contributed by atoms with Crippen molar-refractivity contribution in [3.63, 3.8) is 0 Å². The lowest BCUT2D eigenvalue weighted by Gasteiger charge is -2.08. The Labute approximate surface area is 143 Å². The highest BCUT2D eigenvalue weighted by Gasteiger charge is 2.17. The van der Waals surface area contributed by atoms with E-state index in [9.17, 15) is 9.59 Å². The standard InChI is InChI=1S/C17H16N4O4/c1-11-14(15-18-7-2-9-21(15)20-11)16(22)19-8-10-25-13-5-3-12(4-6-13)17(23)24/h2-7,9H,8,10H2,1H3,(H,19,22)(H,23,24).